The average Bonchev–Trinajstić information content (AvgIpc) is 3.10. The summed E-state index contributed by atoms with van der Waals surface area (Å²) in [5.41, 5.74) is 0. The smallest absolute Gasteiger partial charge is 0.122 e. The van der Waals surface area contributed by atoms with Gasteiger partial charge in [-0.15, -0.1) is 0 Å². The maximum atomic E-state index is 4.54. The fraction of sp³-hybridized carbons (Fsp3) is 0.800. The van der Waals surface area contributed by atoms with Crippen molar-refractivity contribution in [3.05, 3.63) is 18.2 Å². The molecule has 0 saturated carbocycles. The molecule has 1 aromatic rings. The molecule has 106 valence electrons. The highest BCUT2D eigenvalue weighted by Crippen LogP contribution is 2.25. The van der Waals surface area contributed by atoms with Gasteiger partial charge in [0.1, 0.15) is 5.82 Å². The minimum absolute atomic E-state index is 0.713. The van der Waals surface area contributed by atoms with Crippen molar-refractivity contribution in [3.8, 4) is 0 Å². The maximum Gasteiger partial charge on any atom is 0.122 e. The molecular weight excluding hydrogens is 236 g/mol. The van der Waals surface area contributed by atoms with Gasteiger partial charge in [-0.05, 0) is 45.7 Å². The van der Waals surface area contributed by atoms with Gasteiger partial charge in [0.2, 0.25) is 0 Å². The number of hydrogen-bond donors (Lipinski definition) is 1. The molecule has 2 unspecified atom stereocenters. The van der Waals surface area contributed by atoms with E-state index in [4.69, 9.17) is 0 Å². The van der Waals surface area contributed by atoms with Gasteiger partial charge in [-0.2, -0.15) is 0 Å². The van der Waals surface area contributed by atoms with Crippen molar-refractivity contribution in [3.63, 3.8) is 0 Å². The van der Waals surface area contributed by atoms with E-state index in [1.54, 1.807) is 0 Å². The van der Waals surface area contributed by atoms with Gasteiger partial charge in [-0.25, -0.2) is 4.98 Å². The van der Waals surface area contributed by atoms with Crippen LogP contribution in [0.4, 0.5) is 0 Å². The second-order valence-corrected chi connectivity index (χ2v) is 5.87. The van der Waals surface area contributed by atoms with Crippen molar-refractivity contribution >= 4 is 0 Å². The molecule has 3 heterocycles. The molecule has 2 saturated heterocycles. The van der Waals surface area contributed by atoms with Gasteiger partial charge in [-0.1, -0.05) is 6.42 Å². The van der Waals surface area contributed by atoms with Gasteiger partial charge in [-0.3, -0.25) is 4.90 Å². The number of piperidine rings is 1. The Labute approximate surface area is 116 Å². The van der Waals surface area contributed by atoms with Gasteiger partial charge in [0, 0.05) is 31.0 Å². The number of nitrogens with one attached hydrogen (secondary N) is 1. The van der Waals surface area contributed by atoms with Crippen LogP contribution in [0, 0.1) is 0 Å². The minimum atomic E-state index is 0.713. The summed E-state index contributed by atoms with van der Waals surface area (Å²) < 4.78 is 2.27. The van der Waals surface area contributed by atoms with Crippen LogP contribution in [-0.4, -0.2) is 39.6 Å². The van der Waals surface area contributed by atoms with E-state index >= 15 is 0 Å². The summed E-state index contributed by atoms with van der Waals surface area (Å²) in [6.45, 7) is 6.68. The number of nitrogens with zero attached hydrogens (tertiary/aromatic N) is 3. The summed E-state index contributed by atoms with van der Waals surface area (Å²) in [6, 6.07) is 1.43. The first kappa shape index (κ1) is 13.1. The second kappa shape index (κ2) is 6.06. The molecule has 0 bridgehead atoms. The molecule has 0 amide bonds. The third kappa shape index (κ3) is 2.84. The van der Waals surface area contributed by atoms with E-state index in [9.17, 15) is 0 Å². The Kier molecular flexibility index (Phi) is 4.18. The Hall–Kier alpha value is -0.870. The number of aromatic nitrogens is 2. The molecule has 0 aliphatic carbocycles. The summed E-state index contributed by atoms with van der Waals surface area (Å²) in [5.74, 6) is 1.23. The molecule has 4 nitrogen and oxygen atoms in total. The van der Waals surface area contributed by atoms with E-state index in [1.807, 2.05) is 6.20 Å². The van der Waals surface area contributed by atoms with Crippen molar-refractivity contribution in [1.29, 1.82) is 0 Å². The van der Waals surface area contributed by atoms with E-state index in [0.717, 1.165) is 19.1 Å². The lowest BCUT2D eigenvalue weighted by Crippen LogP contribution is -2.50. The Morgan fingerprint density at radius 1 is 1.32 bits per heavy atom. The van der Waals surface area contributed by atoms with Crippen molar-refractivity contribution < 1.29 is 0 Å². The summed E-state index contributed by atoms with van der Waals surface area (Å²) in [5, 5.41) is 3.70. The first-order valence-electron chi connectivity index (χ1n) is 7.86. The number of rotatable bonds is 4. The van der Waals surface area contributed by atoms with E-state index in [0.29, 0.717) is 6.04 Å². The molecule has 1 N–H and O–H groups in total. The predicted molar refractivity (Wildman–Crippen MR) is 77.0 cm³/mol. The van der Waals surface area contributed by atoms with Crippen LogP contribution in [-0.2, 0) is 13.1 Å². The number of imidazole rings is 1. The van der Waals surface area contributed by atoms with Crippen LogP contribution in [0.5, 0.6) is 0 Å². The normalized spacial score (nSPS) is 28.9. The fourth-order valence-electron chi connectivity index (χ4n) is 3.67. The monoisotopic (exact) mass is 262 g/mol. The lowest BCUT2D eigenvalue weighted by atomic mass is 9.94. The van der Waals surface area contributed by atoms with Gasteiger partial charge >= 0.3 is 0 Å². The lowest BCUT2D eigenvalue weighted by molar-refractivity contribution is 0.108. The Morgan fingerprint density at radius 3 is 3.05 bits per heavy atom. The third-order valence-corrected chi connectivity index (χ3v) is 4.71. The van der Waals surface area contributed by atoms with Crippen molar-refractivity contribution in [2.75, 3.05) is 13.1 Å². The SMILES string of the molecule is CCn1ccnc1CN1CCCCC1C1CCCN1. The van der Waals surface area contributed by atoms with Gasteiger partial charge < -0.3 is 9.88 Å². The van der Waals surface area contributed by atoms with Crippen molar-refractivity contribution in [2.45, 2.75) is 64.2 Å². The van der Waals surface area contributed by atoms with Crippen LogP contribution in [0.15, 0.2) is 12.4 Å². The molecule has 0 radical (unpaired) electrons. The first-order chi connectivity index (χ1) is 9.38. The van der Waals surface area contributed by atoms with E-state index in [1.165, 1.54) is 51.0 Å². The number of aryl methyl sites for hydroxylation is 1. The molecule has 4 heteroatoms. The molecule has 0 aromatic carbocycles. The number of hydrogen-bond acceptors (Lipinski definition) is 3. The summed E-state index contributed by atoms with van der Waals surface area (Å²) in [6.07, 6.45) is 10.8. The van der Waals surface area contributed by atoms with Crippen LogP contribution < -0.4 is 5.32 Å². The zero-order valence-electron chi connectivity index (χ0n) is 12.0. The molecule has 2 aliphatic heterocycles. The number of likely N-dealkylation sites (tertiary alicyclic amines) is 1. The van der Waals surface area contributed by atoms with E-state index in [2.05, 4.69) is 32.9 Å². The van der Waals surface area contributed by atoms with Crippen LogP contribution in [0.1, 0.15) is 44.9 Å². The van der Waals surface area contributed by atoms with Crippen LogP contribution in [0.2, 0.25) is 0 Å². The van der Waals surface area contributed by atoms with Gasteiger partial charge in [0.05, 0.1) is 6.54 Å². The lowest BCUT2D eigenvalue weighted by Gasteiger charge is -2.39. The maximum absolute atomic E-state index is 4.54. The molecule has 0 spiro atoms. The summed E-state index contributed by atoms with van der Waals surface area (Å²) >= 11 is 0. The molecule has 2 atom stereocenters. The molecule has 2 fully saturated rings. The van der Waals surface area contributed by atoms with Gasteiger partial charge in [0.15, 0.2) is 0 Å². The Morgan fingerprint density at radius 2 is 2.26 bits per heavy atom. The second-order valence-electron chi connectivity index (χ2n) is 5.87. The standard InChI is InChI=1S/C15H26N4/c1-2-18-11-9-17-15(18)12-19-10-4-3-7-14(19)13-6-5-8-16-13/h9,11,13-14,16H,2-8,10,12H2,1H3. The largest absolute Gasteiger partial charge is 0.334 e. The molecular formula is C15H26N4. The van der Waals surface area contributed by atoms with Gasteiger partial charge in [0.25, 0.3) is 0 Å². The van der Waals surface area contributed by atoms with Crippen LogP contribution >= 0.6 is 0 Å². The van der Waals surface area contributed by atoms with Crippen molar-refractivity contribution in [1.82, 2.24) is 19.8 Å². The Balaban J connectivity index is 1.69. The minimum Gasteiger partial charge on any atom is -0.334 e. The summed E-state index contributed by atoms with van der Waals surface area (Å²) in [7, 11) is 0. The zero-order valence-corrected chi connectivity index (χ0v) is 12.0. The summed E-state index contributed by atoms with van der Waals surface area (Å²) in [4.78, 5) is 7.21. The van der Waals surface area contributed by atoms with E-state index in [-0.39, 0.29) is 0 Å². The first-order valence-corrected chi connectivity index (χ1v) is 7.86. The van der Waals surface area contributed by atoms with Crippen LogP contribution in [0.25, 0.3) is 0 Å². The molecule has 1 aromatic heterocycles. The zero-order chi connectivity index (χ0) is 13.1. The molecule has 3 rings (SSSR count). The molecule has 19 heavy (non-hydrogen) atoms. The average molecular weight is 262 g/mol. The predicted octanol–water partition coefficient (Wildman–Crippen LogP) is 2.01. The highest BCUT2D eigenvalue weighted by Gasteiger charge is 2.31. The molecule has 2 aliphatic rings. The van der Waals surface area contributed by atoms with Crippen molar-refractivity contribution in [2.24, 2.45) is 0 Å². The quantitative estimate of drug-likeness (QED) is 0.901. The highest BCUT2D eigenvalue weighted by molar-refractivity contribution is 4.96. The van der Waals surface area contributed by atoms with E-state index < -0.39 is 0 Å². The third-order valence-electron chi connectivity index (χ3n) is 4.71. The van der Waals surface area contributed by atoms with Crippen LogP contribution in [0.3, 0.4) is 0 Å². The highest BCUT2D eigenvalue weighted by atomic mass is 15.2. The Bertz CT molecular complexity index is 395. The fourth-order valence-corrected chi connectivity index (χ4v) is 3.67. The topological polar surface area (TPSA) is 33.1 Å².